The van der Waals surface area contributed by atoms with E-state index in [1.54, 1.807) is 0 Å². The molecular weight excluding hydrogens is 316 g/mol. The summed E-state index contributed by atoms with van der Waals surface area (Å²) in [5, 5.41) is 4.20. The van der Waals surface area contributed by atoms with Gasteiger partial charge >= 0.3 is 0 Å². The van der Waals surface area contributed by atoms with Gasteiger partial charge in [0.1, 0.15) is 0 Å². The van der Waals surface area contributed by atoms with Crippen LogP contribution in [0.5, 0.6) is 0 Å². The fourth-order valence-corrected chi connectivity index (χ4v) is 8.36. The Labute approximate surface area is 159 Å². The van der Waals surface area contributed by atoms with Gasteiger partial charge in [0.15, 0.2) is 0 Å². The Kier molecular flexibility index (Phi) is 4.08. The number of nitrogens with one attached hydrogen (secondary N) is 1. The Hall–Kier alpha value is -0.600. The predicted octanol–water partition coefficient (Wildman–Crippen LogP) is 4.67. The van der Waals surface area contributed by atoms with Gasteiger partial charge in [-0.25, -0.2) is 0 Å². The lowest BCUT2D eigenvalue weighted by molar-refractivity contribution is 0.0497. The van der Waals surface area contributed by atoms with Crippen molar-refractivity contribution in [2.75, 3.05) is 0 Å². The van der Waals surface area contributed by atoms with E-state index < -0.39 is 0 Å². The lowest BCUT2D eigenvalue weighted by Gasteiger charge is -2.46. The summed E-state index contributed by atoms with van der Waals surface area (Å²) in [5.74, 6) is 3.89. The van der Waals surface area contributed by atoms with Gasteiger partial charge in [-0.3, -0.25) is 4.90 Å². The van der Waals surface area contributed by atoms with E-state index in [2.05, 4.69) is 34.5 Å². The monoisotopic (exact) mass is 352 g/mol. The van der Waals surface area contributed by atoms with E-state index in [-0.39, 0.29) is 0 Å². The third kappa shape index (κ3) is 2.37. The second kappa shape index (κ2) is 6.48. The van der Waals surface area contributed by atoms with Crippen molar-refractivity contribution in [1.29, 1.82) is 0 Å². The van der Waals surface area contributed by atoms with Crippen LogP contribution in [0.25, 0.3) is 0 Å². The van der Waals surface area contributed by atoms with Gasteiger partial charge in [-0.05, 0) is 81.5 Å². The Morgan fingerprint density at radius 3 is 2.54 bits per heavy atom. The Balaban J connectivity index is 1.35. The molecule has 0 radical (unpaired) electrons. The zero-order valence-electron chi connectivity index (χ0n) is 16.2. The first-order valence-corrected chi connectivity index (χ1v) is 11.8. The maximum absolute atomic E-state index is 4.20. The van der Waals surface area contributed by atoms with Crippen molar-refractivity contribution in [3.8, 4) is 0 Å². The minimum atomic E-state index is 0.688. The fraction of sp³-hybridized carbons (Fsp3) is 0.833. The first-order chi connectivity index (χ1) is 12.9. The van der Waals surface area contributed by atoms with Crippen LogP contribution >= 0.6 is 0 Å². The molecule has 0 aromatic carbocycles. The molecule has 2 nitrogen and oxygen atoms in total. The van der Waals surface area contributed by atoms with Crippen LogP contribution < -0.4 is 5.32 Å². The summed E-state index contributed by atoms with van der Waals surface area (Å²) in [7, 11) is 0. The number of fused-ring (bicyclic) bond motifs is 7. The van der Waals surface area contributed by atoms with E-state index >= 15 is 0 Å². The van der Waals surface area contributed by atoms with Crippen molar-refractivity contribution in [2.45, 2.75) is 101 Å². The van der Waals surface area contributed by atoms with Crippen LogP contribution in [0.3, 0.4) is 0 Å². The van der Waals surface area contributed by atoms with Gasteiger partial charge in [-0.1, -0.05) is 37.1 Å². The van der Waals surface area contributed by atoms with E-state index in [9.17, 15) is 0 Å². The number of hydrogen-bond acceptors (Lipinski definition) is 2. The molecule has 0 amide bonds. The molecule has 0 bridgehead atoms. The highest BCUT2D eigenvalue weighted by atomic mass is 15.3. The molecule has 2 saturated carbocycles. The standard InChI is InChI=1S/C24H36N2/c1-2-8-16(9-3-1)26-22-13-7-5-11-18(22)20-15-14-19-17-10-4-6-12-21(17)25-23(19)24(20)26/h1-2,6,12,16-25H,3-5,7-11,13-15H2. The summed E-state index contributed by atoms with van der Waals surface area (Å²) in [6, 6.07) is 4.06. The molecule has 142 valence electrons. The molecule has 26 heavy (non-hydrogen) atoms. The van der Waals surface area contributed by atoms with E-state index in [4.69, 9.17) is 0 Å². The van der Waals surface area contributed by atoms with Gasteiger partial charge in [0.05, 0.1) is 0 Å². The van der Waals surface area contributed by atoms with Crippen molar-refractivity contribution in [3.63, 3.8) is 0 Å². The molecule has 2 aliphatic heterocycles. The van der Waals surface area contributed by atoms with Gasteiger partial charge < -0.3 is 5.32 Å². The molecule has 2 heteroatoms. The molecule has 1 N–H and O–H groups in total. The molecule has 9 unspecified atom stereocenters. The van der Waals surface area contributed by atoms with E-state index in [0.29, 0.717) is 6.04 Å². The topological polar surface area (TPSA) is 15.3 Å². The predicted molar refractivity (Wildman–Crippen MR) is 107 cm³/mol. The van der Waals surface area contributed by atoms with Crippen molar-refractivity contribution < 1.29 is 0 Å². The normalized spacial score (nSPS) is 53.0. The molecule has 4 aliphatic carbocycles. The van der Waals surface area contributed by atoms with Gasteiger partial charge in [-0.15, -0.1) is 0 Å². The lowest BCUT2D eigenvalue weighted by Crippen LogP contribution is -2.57. The maximum Gasteiger partial charge on any atom is 0.0289 e. The third-order valence-corrected chi connectivity index (χ3v) is 9.23. The maximum atomic E-state index is 4.20. The third-order valence-electron chi connectivity index (χ3n) is 9.23. The second-order valence-corrected chi connectivity index (χ2v) is 10.2. The van der Waals surface area contributed by atoms with E-state index in [1.165, 1.54) is 70.6 Å². The molecule has 6 rings (SSSR count). The van der Waals surface area contributed by atoms with E-state index in [1.807, 2.05) is 0 Å². The highest BCUT2D eigenvalue weighted by molar-refractivity contribution is 5.19. The average molecular weight is 353 g/mol. The van der Waals surface area contributed by atoms with Gasteiger partial charge in [0.25, 0.3) is 0 Å². The van der Waals surface area contributed by atoms with Gasteiger partial charge in [0.2, 0.25) is 0 Å². The Morgan fingerprint density at radius 1 is 0.731 bits per heavy atom. The number of allylic oxidation sites excluding steroid dienone is 2. The summed E-state index contributed by atoms with van der Waals surface area (Å²) in [4.78, 5) is 3.14. The average Bonchev–Trinajstić information content (AvgIpc) is 3.24. The van der Waals surface area contributed by atoms with Crippen molar-refractivity contribution in [3.05, 3.63) is 24.3 Å². The number of nitrogens with zero attached hydrogens (tertiary/aromatic N) is 1. The Bertz CT molecular complexity index is 595. The van der Waals surface area contributed by atoms with Crippen molar-refractivity contribution in [2.24, 2.45) is 23.7 Å². The van der Waals surface area contributed by atoms with Crippen LogP contribution in [0.4, 0.5) is 0 Å². The summed E-state index contributed by atoms with van der Waals surface area (Å²) in [6.07, 6.45) is 25.7. The summed E-state index contributed by atoms with van der Waals surface area (Å²) in [5.41, 5.74) is 0. The second-order valence-electron chi connectivity index (χ2n) is 10.2. The van der Waals surface area contributed by atoms with Gasteiger partial charge in [-0.2, -0.15) is 0 Å². The molecule has 4 fully saturated rings. The number of hydrogen-bond donors (Lipinski definition) is 1. The number of rotatable bonds is 1. The highest BCUT2D eigenvalue weighted by Gasteiger charge is 2.59. The minimum Gasteiger partial charge on any atom is -0.306 e. The SMILES string of the molecule is C1=CC2NC3C(CCC4C5CCCCC5N(C5CC=CCC5)C43)C2CC1. The molecule has 0 spiro atoms. The smallest absolute Gasteiger partial charge is 0.0289 e. The van der Waals surface area contributed by atoms with Crippen LogP contribution in [-0.4, -0.2) is 35.1 Å². The molecule has 2 saturated heterocycles. The van der Waals surface area contributed by atoms with Crippen LogP contribution in [0.2, 0.25) is 0 Å². The van der Waals surface area contributed by atoms with E-state index in [0.717, 1.165) is 47.8 Å². The van der Waals surface area contributed by atoms with Crippen LogP contribution in [0.15, 0.2) is 24.3 Å². The minimum absolute atomic E-state index is 0.688. The first-order valence-electron chi connectivity index (χ1n) is 11.8. The first kappa shape index (κ1) is 16.4. The zero-order valence-corrected chi connectivity index (χ0v) is 16.2. The van der Waals surface area contributed by atoms with Crippen LogP contribution in [-0.2, 0) is 0 Å². The van der Waals surface area contributed by atoms with Gasteiger partial charge in [0, 0.05) is 30.2 Å². The highest BCUT2D eigenvalue weighted by Crippen LogP contribution is 2.55. The van der Waals surface area contributed by atoms with Crippen molar-refractivity contribution in [1.82, 2.24) is 10.2 Å². The summed E-state index contributed by atoms with van der Waals surface area (Å²) >= 11 is 0. The quantitative estimate of drug-likeness (QED) is 0.690. The molecule has 0 aromatic rings. The van der Waals surface area contributed by atoms with Crippen molar-refractivity contribution >= 4 is 0 Å². The zero-order chi connectivity index (χ0) is 17.1. The molecule has 0 aromatic heterocycles. The molecule has 9 atom stereocenters. The largest absolute Gasteiger partial charge is 0.306 e. The summed E-state index contributed by atoms with van der Waals surface area (Å²) < 4.78 is 0. The molecule has 6 aliphatic rings. The number of likely N-dealkylation sites (tertiary alicyclic amines) is 1. The Morgan fingerprint density at radius 2 is 1.62 bits per heavy atom. The fourth-order valence-electron chi connectivity index (χ4n) is 8.36. The van der Waals surface area contributed by atoms with Crippen LogP contribution in [0, 0.1) is 23.7 Å². The lowest BCUT2D eigenvalue weighted by atomic mass is 9.66. The summed E-state index contributed by atoms with van der Waals surface area (Å²) in [6.45, 7) is 0. The molecule has 2 heterocycles. The van der Waals surface area contributed by atoms with Crippen LogP contribution in [0.1, 0.15) is 70.6 Å². The molecular formula is C24H36N2.